The maximum absolute atomic E-state index is 12.3. The second-order valence-corrected chi connectivity index (χ2v) is 6.99. The van der Waals surface area contributed by atoms with Crippen LogP contribution < -0.4 is 16.6 Å². The standard InChI is InChI=1S/C19H20ClN3O3/c1-22-11-14(18(25)23(2)19(22)26)7-10-16(24)21-17(12-3-4-12)13-5-8-15(20)9-6-13/h5-12,17H,3-4H2,1-2H3,(H,21,24)/b10-7+. The number of benzene rings is 1. The summed E-state index contributed by atoms with van der Waals surface area (Å²) in [6.45, 7) is 0. The van der Waals surface area contributed by atoms with Crippen LogP contribution in [0.25, 0.3) is 6.08 Å². The molecular weight excluding hydrogens is 354 g/mol. The van der Waals surface area contributed by atoms with Gasteiger partial charge in [-0.05, 0) is 42.5 Å². The second kappa shape index (κ2) is 7.33. The lowest BCUT2D eigenvalue weighted by molar-refractivity contribution is -0.117. The first-order chi connectivity index (χ1) is 12.4. The first kappa shape index (κ1) is 18.2. The lowest BCUT2D eigenvalue weighted by Gasteiger charge is -2.18. The molecule has 0 saturated heterocycles. The molecule has 1 aromatic heterocycles. The van der Waals surface area contributed by atoms with Crippen LogP contribution in [0.1, 0.15) is 30.0 Å². The van der Waals surface area contributed by atoms with E-state index in [-0.39, 0.29) is 17.5 Å². The van der Waals surface area contributed by atoms with E-state index in [4.69, 9.17) is 11.6 Å². The number of halogens is 1. The Hall–Kier alpha value is -2.60. The van der Waals surface area contributed by atoms with Gasteiger partial charge in [0.25, 0.3) is 5.56 Å². The van der Waals surface area contributed by atoms with Gasteiger partial charge < -0.3 is 9.88 Å². The Kier molecular flexibility index (Phi) is 5.13. The molecule has 1 fully saturated rings. The van der Waals surface area contributed by atoms with Gasteiger partial charge in [-0.15, -0.1) is 0 Å². The highest BCUT2D eigenvalue weighted by atomic mass is 35.5. The van der Waals surface area contributed by atoms with Gasteiger partial charge in [0.15, 0.2) is 0 Å². The van der Waals surface area contributed by atoms with Crippen LogP contribution >= 0.6 is 11.6 Å². The summed E-state index contributed by atoms with van der Waals surface area (Å²) in [4.78, 5) is 36.1. The SMILES string of the molecule is Cn1cc(/C=C/C(=O)NC(c2ccc(Cl)cc2)C2CC2)c(=O)n(C)c1=O. The van der Waals surface area contributed by atoms with Gasteiger partial charge in [0.1, 0.15) is 0 Å². The number of aryl methyl sites for hydroxylation is 1. The molecule has 26 heavy (non-hydrogen) atoms. The van der Waals surface area contributed by atoms with Crippen LogP contribution in [-0.2, 0) is 18.9 Å². The fourth-order valence-electron chi connectivity index (χ4n) is 2.89. The van der Waals surface area contributed by atoms with E-state index in [1.165, 1.54) is 30.0 Å². The molecule has 0 aliphatic heterocycles. The summed E-state index contributed by atoms with van der Waals surface area (Å²) >= 11 is 5.93. The van der Waals surface area contributed by atoms with Crippen LogP contribution in [-0.4, -0.2) is 15.0 Å². The van der Waals surface area contributed by atoms with Gasteiger partial charge in [0.05, 0.1) is 11.6 Å². The van der Waals surface area contributed by atoms with E-state index < -0.39 is 11.2 Å². The minimum absolute atomic E-state index is 0.0765. The van der Waals surface area contributed by atoms with Gasteiger partial charge in [-0.2, -0.15) is 0 Å². The fourth-order valence-corrected chi connectivity index (χ4v) is 3.02. The zero-order valence-electron chi connectivity index (χ0n) is 14.6. The van der Waals surface area contributed by atoms with Gasteiger partial charge in [-0.3, -0.25) is 14.2 Å². The molecule has 1 unspecified atom stereocenters. The molecule has 0 radical (unpaired) electrons. The smallest absolute Gasteiger partial charge is 0.330 e. The summed E-state index contributed by atoms with van der Waals surface area (Å²) in [5.74, 6) is 0.131. The fraction of sp³-hybridized carbons (Fsp3) is 0.316. The highest BCUT2D eigenvalue weighted by molar-refractivity contribution is 6.30. The molecule has 136 valence electrons. The number of nitrogens with one attached hydrogen (secondary N) is 1. The Morgan fingerprint density at radius 3 is 2.50 bits per heavy atom. The van der Waals surface area contributed by atoms with Crippen molar-refractivity contribution in [3.63, 3.8) is 0 Å². The van der Waals surface area contributed by atoms with E-state index in [0.29, 0.717) is 10.9 Å². The Bertz CT molecular complexity index is 969. The lowest BCUT2D eigenvalue weighted by Crippen LogP contribution is -2.37. The lowest BCUT2D eigenvalue weighted by atomic mass is 10.0. The van der Waals surface area contributed by atoms with Crippen molar-refractivity contribution in [2.24, 2.45) is 20.0 Å². The molecule has 3 rings (SSSR count). The van der Waals surface area contributed by atoms with Crippen LogP contribution in [0.4, 0.5) is 0 Å². The molecule has 1 N–H and O–H groups in total. The van der Waals surface area contributed by atoms with E-state index in [0.717, 1.165) is 23.0 Å². The Morgan fingerprint density at radius 2 is 1.88 bits per heavy atom. The highest BCUT2D eigenvalue weighted by Gasteiger charge is 2.33. The minimum Gasteiger partial charge on any atom is -0.345 e. The van der Waals surface area contributed by atoms with Crippen LogP contribution in [0, 0.1) is 5.92 Å². The van der Waals surface area contributed by atoms with E-state index in [9.17, 15) is 14.4 Å². The first-order valence-electron chi connectivity index (χ1n) is 8.37. The predicted octanol–water partition coefficient (Wildman–Crippen LogP) is 2.02. The quantitative estimate of drug-likeness (QED) is 0.815. The van der Waals surface area contributed by atoms with Crippen LogP contribution in [0.3, 0.4) is 0 Å². The number of carbonyl (C=O) groups excluding carboxylic acids is 1. The summed E-state index contributed by atoms with van der Waals surface area (Å²) in [7, 11) is 2.97. The van der Waals surface area contributed by atoms with Gasteiger partial charge in [0.2, 0.25) is 5.91 Å². The van der Waals surface area contributed by atoms with E-state index in [1.807, 2.05) is 24.3 Å². The van der Waals surface area contributed by atoms with Crippen molar-refractivity contribution in [3.05, 3.63) is 73.5 Å². The number of rotatable bonds is 5. The predicted molar refractivity (Wildman–Crippen MR) is 101 cm³/mol. The van der Waals surface area contributed by atoms with Crippen molar-refractivity contribution in [1.82, 2.24) is 14.5 Å². The normalized spacial score (nSPS) is 15.2. The van der Waals surface area contributed by atoms with Crippen LogP contribution in [0.5, 0.6) is 0 Å². The van der Waals surface area contributed by atoms with Gasteiger partial charge >= 0.3 is 5.69 Å². The summed E-state index contributed by atoms with van der Waals surface area (Å²) in [6.07, 6.45) is 6.32. The van der Waals surface area contributed by atoms with E-state index in [2.05, 4.69) is 5.32 Å². The first-order valence-corrected chi connectivity index (χ1v) is 8.75. The molecule has 0 bridgehead atoms. The maximum Gasteiger partial charge on any atom is 0.330 e. The van der Waals surface area contributed by atoms with Crippen molar-refractivity contribution < 1.29 is 4.79 Å². The molecule has 1 heterocycles. The third-order valence-corrected chi connectivity index (χ3v) is 4.76. The van der Waals surface area contributed by atoms with E-state index >= 15 is 0 Å². The Balaban J connectivity index is 1.77. The van der Waals surface area contributed by atoms with Crippen LogP contribution in [0.15, 0.2) is 46.1 Å². The summed E-state index contributed by atoms with van der Waals surface area (Å²) in [5.41, 5.74) is 0.442. The van der Waals surface area contributed by atoms with Crippen molar-refractivity contribution in [3.8, 4) is 0 Å². The molecule has 1 atom stereocenters. The third kappa shape index (κ3) is 3.96. The molecule has 0 spiro atoms. The summed E-state index contributed by atoms with van der Waals surface area (Å²) in [6, 6.07) is 7.37. The topological polar surface area (TPSA) is 73.1 Å². The Labute approximate surface area is 155 Å². The molecule has 1 amide bonds. The van der Waals surface area contributed by atoms with Gasteiger partial charge in [-0.25, -0.2) is 4.79 Å². The molecule has 1 aliphatic carbocycles. The average Bonchev–Trinajstić information content (AvgIpc) is 3.45. The third-order valence-electron chi connectivity index (χ3n) is 4.51. The summed E-state index contributed by atoms with van der Waals surface area (Å²) < 4.78 is 2.32. The molecule has 2 aromatic rings. The second-order valence-electron chi connectivity index (χ2n) is 6.55. The number of hydrogen-bond acceptors (Lipinski definition) is 3. The monoisotopic (exact) mass is 373 g/mol. The van der Waals surface area contributed by atoms with Crippen molar-refractivity contribution >= 4 is 23.6 Å². The largest absolute Gasteiger partial charge is 0.345 e. The molecule has 7 heteroatoms. The zero-order valence-corrected chi connectivity index (χ0v) is 15.4. The minimum atomic E-state index is -0.436. The number of nitrogens with zero attached hydrogens (tertiary/aromatic N) is 2. The van der Waals surface area contributed by atoms with Crippen LogP contribution in [0.2, 0.25) is 5.02 Å². The molecule has 1 saturated carbocycles. The van der Waals surface area contributed by atoms with Crippen molar-refractivity contribution in [2.75, 3.05) is 0 Å². The number of amides is 1. The number of aromatic nitrogens is 2. The maximum atomic E-state index is 12.3. The average molecular weight is 374 g/mol. The molecule has 6 nitrogen and oxygen atoms in total. The molecule has 1 aromatic carbocycles. The van der Waals surface area contributed by atoms with E-state index in [1.54, 1.807) is 7.05 Å². The van der Waals surface area contributed by atoms with Gasteiger partial charge in [-0.1, -0.05) is 23.7 Å². The van der Waals surface area contributed by atoms with Crippen molar-refractivity contribution in [1.29, 1.82) is 0 Å². The molecular formula is C19H20ClN3O3. The zero-order chi connectivity index (χ0) is 18.8. The van der Waals surface area contributed by atoms with Gasteiger partial charge in [0, 0.05) is 31.4 Å². The molecule has 1 aliphatic rings. The number of carbonyl (C=O) groups is 1. The summed E-state index contributed by atoms with van der Waals surface area (Å²) in [5, 5.41) is 3.65. The highest BCUT2D eigenvalue weighted by Crippen LogP contribution is 2.41. The van der Waals surface area contributed by atoms with Crippen molar-refractivity contribution in [2.45, 2.75) is 18.9 Å². The number of hydrogen-bond donors (Lipinski definition) is 1. The Morgan fingerprint density at radius 1 is 1.23 bits per heavy atom.